The van der Waals surface area contributed by atoms with Crippen molar-refractivity contribution in [2.75, 3.05) is 6.54 Å². The third kappa shape index (κ3) is 2.80. The predicted molar refractivity (Wildman–Crippen MR) is 91.1 cm³/mol. The Morgan fingerprint density at radius 3 is 2.14 bits per heavy atom. The van der Waals surface area contributed by atoms with Crippen LogP contribution in [0, 0.1) is 0 Å². The second kappa shape index (κ2) is 6.56. The van der Waals surface area contributed by atoms with Crippen LogP contribution < -0.4 is 5.32 Å². The van der Waals surface area contributed by atoms with Crippen LogP contribution in [-0.4, -0.2) is 17.4 Å². The highest BCUT2D eigenvalue weighted by Gasteiger charge is 2.15. The Bertz CT molecular complexity index is 757. The van der Waals surface area contributed by atoms with Gasteiger partial charge in [0.25, 0.3) is 5.91 Å². The summed E-state index contributed by atoms with van der Waals surface area (Å²) < 4.78 is 0. The number of rotatable bonds is 5. The van der Waals surface area contributed by atoms with E-state index in [4.69, 9.17) is 0 Å². The molecule has 0 aliphatic heterocycles. The van der Waals surface area contributed by atoms with Gasteiger partial charge in [-0.05, 0) is 18.6 Å². The van der Waals surface area contributed by atoms with Crippen molar-refractivity contribution in [3.8, 4) is 0 Å². The van der Waals surface area contributed by atoms with Gasteiger partial charge in [-0.2, -0.15) is 0 Å². The van der Waals surface area contributed by atoms with E-state index in [2.05, 4.69) is 17.2 Å². The number of benzene rings is 2. The van der Waals surface area contributed by atoms with Gasteiger partial charge in [0.2, 0.25) is 0 Å². The van der Waals surface area contributed by atoms with Gasteiger partial charge in [0, 0.05) is 17.3 Å². The minimum atomic E-state index is -0.00842. The number of unbranched alkanes of at least 4 members (excludes halogenated alkanes) is 2. The normalized spacial score (nSPS) is 11.0. The number of carbonyl (C=O) groups is 1. The monoisotopic (exact) mass is 292 g/mol. The average Bonchev–Trinajstić information content (AvgIpc) is 2.56. The third-order valence-corrected chi connectivity index (χ3v) is 3.88. The van der Waals surface area contributed by atoms with Crippen LogP contribution in [0.15, 0.2) is 48.5 Å². The number of pyridine rings is 1. The van der Waals surface area contributed by atoms with Gasteiger partial charge in [0.15, 0.2) is 0 Å². The van der Waals surface area contributed by atoms with E-state index in [-0.39, 0.29) is 5.91 Å². The SMILES string of the molecule is CCCCCNC(=O)c1c2ccccc2nc2ccccc12. The molecule has 3 heteroatoms. The Kier molecular flexibility index (Phi) is 4.33. The molecule has 0 bridgehead atoms. The van der Waals surface area contributed by atoms with Crippen molar-refractivity contribution in [1.82, 2.24) is 10.3 Å². The molecule has 112 valence electrons. The van der Waals surface area contributed by atoms with E-state index < -0.39 is 0 Å². The fourth-order valence-electron chi connectivity index (χ4n) is 2.75. The maximum Gasteiger partial charge on any atom is 0.252 e. The van der Waals surface area contributed by atoms with Crippen molar-refractivity contribution in [1.29, 1.82) is 0 Å². The second-order valence-corrected chi connectivity index (χ2v) is 5.48. The molecule has 0 radical (unpaired) electrons. The second-order valence-electron chi connectivity index (χ2n) is 5.48. The van der Waals surface area contributed by atoms with Crippen molar-refractivity contribution >= 4 is 27.7 Å². The lowest BCUT2D eigenvalue weighted by Gasteiger charge is -2.11. The average molecular weight is 292 g/mol. The molecular weight excluding hydrogens is 272 g/mol. The van der Waals surface area contributed by atoms with Crippen molar-refractivity contribution in [3.05, 3.63) is 54.1 Å². The summed E-state index contributed by atoms with van der Waals surface area (Å²) in [6.45, 7) is 2.88. The number of amides is 1. The molecule has 3 rings (SSSR count). The quantitative estimate of drug-likeness (QED) is 0.562. The fraction of sp³-hybridized carbons (Fsp3) is 0.263. The van der Waals surface area contributed by atoms with Crippen LogP contribution in [-0.2, 0) is 0 Å². The minimum Gasteiger partial charge on any atom is -0.352 e. The molecular formula is C19H20N2O. The maximum atomic E-state index is 12.7. The van der Waals surface area contributed by atoms with Crippen molar-refractivity contribution in [2.24, 2.45) is 0 Å². The summed E-state index contributed by atoms with van der Waals surface area (Å²) in [6.07, 6.45) is 3.30. The number of hydrogen-bond donors (Lipinski definition) is 1. The van der Waals surface area contributed by atoms with Gasteiger partial charge >= 0.3 is 0 Å². The van der Waals surface area contributed by atoms with Crippen LogP contribution in [0.3, 0.4) is 0 Å². The molecule has 1 N–H and O–H groups in total. The van der Waals surface area contributed by atoms with E-state index in [0.29, 0.717) is 0 Å². The largest absolute Gasteiger partial charge is 0.352 e. The number of aromatic nitrogens is 1. The summed E-state index contributed by atoms with van der Waals surface area (Å²) in [7, 11) is 0. The first-order valence-electron chi connectivity index (χ1n) is 7.87. The summed E-state index contributed by atoms with van der Waals surface area (Å²) in [6, 6.07) is 15.6. The Labute approximate surface area is 130 Å². The molecule has 2 aromatic carbocycles. The summed E-state index contributed by atoms with van der Waals surface area (Å²) in [5, 5.41) is 4.87. The van der Waals surface area contributed by atoms with Crippen LogP contribution >= 0.6 is 0 Å². The lowest BCUT2D eigenvalue weighted by molar-refractivity contribution is 0.0956. The van der Waals surface area contributed by atoms with Crippen molar-refractivity contribution in [2.45, 2.75) is 26.2 Å². The van der Waals surface area contributed by atoms with Crippen LogP contribution in [0.5, 0.6) is 0 Å². The van der Waals surface area contributed by atoms with Gasteiger partial charge in [0.05, 0.1) is 16.6 Å². The number of para-hydroxylation sites is 2. The molecule has 0 saturated carbocycles. The van der Waals surface area contributed by atoms with Gasteiger partial charge in [-0.3, -0.25) is 4.79 Å². The third-order valence-electron chi connectivity index (χ3n) is 3.88. The van der Waals surface area contributed by atoms with Crippen molar-refractivity contribution in [3.63, 3.8) is 0 Å². The first-order chi connectivity index (χ1) is 10.8. The summed E-state index contributed by atoms with van der Waals surface area (Å²) in [5.41, 5.74) is 2.46. The maximum absolute atomic E-state index is 12.7. The van der Waals surface area contributed by atoms with Gasteiger partial charge in [0.1, 0.15) is 0 Å². The fourth-order valence-corrected chi connectivity index (χ4v) is 2.75. The molecule has 1 amide bonds. The zero-order valence-corrected chi connectivity index (χ0v) is 12.8. The predicted octanol–water partition coefficient (Wildman–Crippen LogP) is 4.31. The molecule has 1 aromatic heterocycles. The summed E-state index contributed by atoms with van der Waals surface area (Å²) in [4.78, 5) is 17.3. The van der Waals surface area contributed by atoms with E-state index in [0.717, 1.165) is 53.2 Å². The molecule has 0 aliphatic carbocycles. The Morgan fingerprint density at radius 2 is 1.55 bits per heavy atom. The molecule has 0 unspecified atom stereocenters. The number of nitrogens with zero attached hydrogens (tertiary/aromatic N) is 1. The number of fused-ring (bicyclic) bond motifs is 2. The molecule has 0 fully saturated rings. The van der Waals surface area contributed by atoms with E-state index in [1.54, 1.807) is 0 Å². The molecule has 0 aliphatic rings. The first kappa shape index (κ1) is 14.5. The highest BCUT2D eigenvalue weighted by atomic mass is 16.1. The van der Waals surface area contributed by atoms with Gasteiger partial charge < -0.3 is 5.32 Å². The van der Waals surface area contributed by atoms with Crippen LogP contribution in [0.4, 0.5) is 0 Å². The molecule has 1 heterocycles. The molecule has 0 saturated heterocycles. The highest BCUT2D eigenvalue weighted by Crippen LogP contribution is 2.25. The lowest BCUT2D eigenvalue weighted by Crippen LogP contribution is -2.25. The zero-order valence-electron chi connectivity index (χ0n) is 12.8. The van der Waals surface area contributed by atoms with E-state index in [9.17, 15) is 4.79 Å². The molecule has 3 nitrogen and oxygen atoms in total. The summed E-state index contributed by atoms with van der Waals surface area (Å²) >= 11 is 0. The Hall–Kier alpha value is -2.42. The van der Waals surface area contributed by atoms with Crippen molar-refractivity contribution < 1.29 is 4.79 Å². The Balaban J connectivity index is 2.06. The minimum absolute atomic E-state index is 0.00842. The number of carbonyl (C=O) groups excluding carboxylic acids is 1. The topological polar surface area (TPSA) is 42.0 Å². The number of nitrogens with one attached hydrogen (secondary N) is 1. The first-order valence-corrected chi connectivity index (χ1v) is 7.87. The summed E-state index contributed by atoms with van der Waals surface area (Å²) in [5.74, 6) is -0.00842. The van der Waals surface area contributed by atoms with E-state index in [1.807, 2.05) is 48.5 Å². The standard InChI is InChI=1S/C19H20N2O/c1-2-3-8-13-20-19(22)18-14-9-4-6-11-16(14)21-17-12-7-5-10-15(17)18/h4-7,9-12H,2-3,8,13H2,1H3,(H,20,22). The van der Waals surface area contributed by atoms with Crippen LogP contribution in [0.2, 0.25) is 0 Å². The van der Waals surface area contributed by atoms with E-state index >= 15 is 0 Å². The molecule has 0 atom stereocenters. The molecule has 22 heavy (non-hydrogen) atoms. The van der Waals surface area contributed by atoms with Gasteiger partial charge in [-0.25, -0.2) is 4.98 Å². The van der Waals surface area contributed by atoms with E-state index in [1.165, 1.54) is 0 Å². The zero-order chi connectivity index (χ0) is 15.4. The van der Waals surface area contributed by atoms with Gasteiger partial charge in [-0.1, -0.05) is 56.2 Å². The van der Waals surface area contributed by atoms with Crippen LogP contribution in [0.25, 0.3) is 21.8 Å². The highest BCUT2D eigenvalue weighted by molar-refractivity contribution is 6.16. The molecule has 0 spiro atoms. The Morgan fingerprint density at radius 1 is 0.955 bits per heavy atom. The molecule has 3 aromatic rings. The van der Waals surface area contributed by atoms with Gasteiger partial charge in [-0.15, -0.1) is 0 Å². The van der Waals surface area contributed by atoms with Crippen LogP contribution in [0.1, 0.15) is 36.5 Å². The number of hydrogen-bond acceptors (Lipinski definition) is 2. The smallest absolute Gasteiger partial charge is 0.252 e. The lowest BCUT2D eigenvalue weighted by atomic mass is 10.0.